The van der Waals surface area contributed by atoms with Crippen LogP contribution in [0.1, 0.15) is 19.4 Å². The van der Waals surface area contributed by atoms with Crippen molar-refractivity contribution in [2.24, 2.45) is 5.73 Å². The van der Waals surface area contributed by atoms with Gasteiger partial charge in [-0.05, 0) is 60.9 Å². The van der Waals surface area contributed by atoms with Crippen LogP contribution in [0.2, 0.25) is 0 Å². The quantitative estimate of drug-likeness (QED) is 0.653. The van der Waals surface area contributed by atoms with Gasteiger partial charge in [-0.3, -0.25) is 9.78 Å². The molecule has 0 saturated carbocycles. The maximum absolute atomic E-state index is 11.9. The van der Waals surface area contributed by atoms with E-state index in [-0.39, 0.29) is 5.91 Å². The molecule has 5 heteroatoms. The topological polar surface area (TPSA) is 77.2 Å². The molecular formula is C23H25N3O2. The number of nitrogens with one attached hydrogen (secondary N) is 1. The van der Waals surface area contributed by atoms with E-state index in [4.69, 9.17) is 10.5 Å². The van der Waals surface area contributed by atoms with Gasteiger partial charge in [0.05, 0.1) is 12.1 Å². The number of pyridine rings is 1. The van der Waals surface area contributed by atoms with Gasteiger partial charge >= 0.3 is 0 Å². The first-order valence-corrected chi connectivity index (χ1v) is 9.24. The minimum Gasteiger partial charge on any atom is -0.493 e. The number of carbonyl (C=O) groups is 1. The van der Waals surface area contributed by atoms with Crippen molar-refractivity contribution in [3.63, 3.8) is 0 Å². The normalized spacial score (nSPS) is 11.1. The molecule has 0 atom stereocenters. The van der Waals surface area contributed by atoms with Crippen molar-refractivity contribution in [2.45, 2.75) is 25.8 Å². The van der Waals surface area contributed by atoms with Gasteiger partial charge in [0.25, 0.3) is 0 Å². The summed E-state index contributed by atoms with van der Waals surface area (Å²) in [6, 6.07) is 19.7. The second-order valence-electron chi connectivity index (χ2n) is 7.24. The van der Waals surface area contributed by atoms with Crippen molar-refractivity contribution in [2.75, 3.05) is 11.9 Å². The number of ether oxygens (including phenoxy) is 1. The predicted molar refractivity (Wildman–Crippen MR) is 112 cm³/mol. The third kappa shape index (κ3) is 5.41. The summed E-state index contributed by atoms with van der Waals surface area (Å²) in [6.07, 6.45) is 4.45. The summed E-state index contributed by atoms with van der Waals surface area (Å²) in [4.78, 5) is 16.0. The second-order valence-corrected chi connectivity index (χ2v) is 7.24. The minimum absolute atomic E-state index is 0.226. The first-order chi connectivity index (χ1) is 13.4. The Bertz CT molecular complexity index is 899. The van der Waals surface area contributed by atoms with Crippen LogP contribution in [0.15, 0.2) is 73.1 Å². The lowest BCUT2D eigenvalue weighted by Gasteiger charge is -2.17. The third-order valence-electron chi connectivity index (χ3n) is 4.31. The van der Waals surface area contributed by atoms with Crippen LogP contribution >= 0.6 is 0 Å². The fourth-order valence-electron chi connectivity index (χ4n) is 2.61. The third-order valence-corrected chi connectivity index (χ3v) is 4.31. The molecule has 1 aromatic heterocycles. The molecule has 144 valence electrons. The number of hydrogen-bond acceptors (Lipinski definition) is 4. The molecule has 0 fully saturated rings. The number of carbonyl (C=O) groups excluding carboxylic acids is 1. The highest BCUT2D eigenvalue weighted by molar-refractivity contribution is 5.97. The van der Waals surface area contributed by atoms with E-state index < -0.39 is 5.54 Å². The maximum Gasteiger partial charge on any atom is 0.243 e. The highest BCUT2D eigenvalue weighted by Gasteiger charge is 2.21. The van der Waals surface area contributed by atoms with Crippen LogP contribution in [0, 0.1) is 0 Å². The molecule has 0 radical (unpaired) electrons. The van der Waals surface area contributed by atoms with E-state index in [1.165, 1.54) is 5.56 Å². The number of benzene rings is 2. The average Bonchev–Trinajstić information content (AvgIpc) is 2.70. The molecule has 0 saturated heterocycles. The number of aromatic nitrogens is 1. The summed E-state index contributed by atoms with van der Waals surface area (Å²) < 4.78 is 5.80. The summed E-state index contributed by atoms with van der Waals surface area (Å²) in [6.45, 7) is 3.92. The molecule has 0 aliphatic carbocycles. The van der Waals surface area contributed by atoms with Gasteiger partial charge in [0.2, 0.25) is 5.91 Å². The van der Waals surface area contributed by atoms with Crippen LogP contribution in [0.4, 0.5) is 5.69 Å². The second kappa shape index (κ2) is 8.67. The molecule has 1 amide bonds. The zero-order chi connectivity index (χ0) is 20.0. The summed E-state index contributed by atoms with van der Waals surface area (Å²) in [5.41, 5.74) is 9.03. The van der Waals surface area contributed by atoms with Crippen molar-refractivity contribution in [1.29, 1.82) is 0 Å². The lowest BCUT2D eigenvalue weighted by Crippen LogP contribution is -2.45. The highest BCUT2D eigenvalue weighted by Crippen LogP contribution is 2.20. The Hall–Kier alpha value is -3.18. The number of nitrogens with two attached hydrogens (primary N) is 1. The number of rotatable bonds is 7. The van der Waals surface area contributed by atoms with Crippen molar-refractivity contribution in [3.05, 3.63) is 78.6 Å². The van der Waals surface area contributed by atoms with Crippen LogP contribution < -0.4 is 15.8 Å². The number of anilines is 1. The Morgan fingerprint density at radius 1 is 1.04 bits per heavy atom. The van der Waals surface area contributed by atoms with E-state index in [0.29, 0.717) is 12.3 Å². The monoisotopic (exact) mass is 375 g/mol. The molecular weight excluding hydrogens is 350 g/mol. The summed E-state index contributed by atoms with van der Waals surface area (Å²) in [5, 5.41) is 2.79. The molecule has 0 bridgehead atoms. The van der Waals surface area contributed by atoms with Gasteiger partial charge in [0.15, 0.2) is 0 Å². The largest absolute Gasteiger partial charge is 0.493 e. The molecule has 0 unspecified atom stereocenters. The number of nitrogens with zero attached hydrogens (tertiary/aromatic N) is 1. The number of amides is 1. The van der Waals surface area contributed by atoms with Gasteiger partial charge in [0.1, 0.15) is 5.75 Å². The molecule has 3 aromatic rings. The van der Waals surface area contributed by atoms with Gasteiger partial charge in [0, 0.05) is 24.5 Å². The molecule has 3 rings (SSSR count). The van der Waals surface area contributed by atoms with Crippen LogP contribution in [0.5, 0.6) is 5.75 Å². The van der Waals surface area contributed by atoms with E-state index in [1.54, 1.807) is 20.0 Å². The zero-order valence-electron chi connectivity index (χ0n) is 16.2. The van der Waals surface area contributed by atoms with Gasteiger partial charge in [-0.25, -0.2) is 0 Å². The molecule has 1 heterocycles. The van der Waals surface area contributed by atoms with Crippen molar-refractivity contribution in [3.8, 4) is 16.9 Å². The molecule has 5 nitrogen and oxygen atoms in total. The van der Waals surface area contributed by atoms with Crippen molar-refractivity contribution in [1.82, 2.24) is 4.98 Å². The lowest BCUT2D eigenvalue weighted by molar-refractivity contribution is -0.120. The van der Waals surface area contributed by atoms with Gasteiger partial charge in [-0.2, -0.15) is 0 Å². The summed E-state index contributed by atoms with van der Waals surface area (Å²) in [5.74, 6) is 0.535. The van der Waals surface area contributed by atoms with Crippen LogP contribution in [-0.4, -0.2) is 23.0 Å². The first-order valence-electron chi connectivity index (χ1n) is 9.24. The average molecular weight is 375 g/mol. The smallest absolute Gasteiger partial charge is 0.243 e. The Labute approximate surface area is 165 Å². The van der Waals surface area contributed by atoms with E-state index >= 15 is 0 Å². The van der Waals surface area contributed by atoms with Crippen molar-refractivity contribution < 1.29 is 9.53 Å². The fourth-order valence-corrected chi connectivity index (χ4v) is 2.61. The zero-order valence-corrected chi connectivity index (χ0v) is 16.2. The van der Waals surface area contributed by atoms with Crippen molar-refractivity contribution >= 4 is 11.6 Å². The van der Waals surface area contributed by atoms with Crippen LogP contribution in [0.25, 0.3) is 11.1 Å². The Morgan fingerprint density at radius 3 is 2.36 bits per heavy atom. The van der Waals surface area contributed by atoms with Gasteiger partial charge in [-0.15, -0.1) is 0 Å². The molecule has 28 heavy (non-hydrogen) atoms. The SMILES string of the molecule is CC(C)(N)C(=O)Nc1ccc(OCCc2ccc(-c3cccnc3)cc2)cc1. The first kappa shape index (κ1) is 19.6. The molecule has 0 aliphatic heterocycles. The fraction of sp³-hybridized carbons (Fsp3) is 0.217. The summed E-state index contributed by atoms with van der Waals surface area (Å²) >= 11 is 0. The van der Waals surface area contributed by atoms with Gasteiger partial charge < -0.3 is 15.8 Å². The lowest BCUT2D eigenvalue weighted by atomic mass is 10.0. The molecule has 3 N–H and O–H groups in total. The maximum atomic E-state index is 11.9. The Kier molecular flexibility index (Phi) is 6.06. The Morgan fingerprint density at radius 2 is 1.75 bits per heavy atom. The summed E-state index contributed by atoms with van der Waals surface area (Å²) in [7, 11) is 0. The molecule has 0 spiro atoms. The van der Waals surface area contributed by atoms with E-state index in [2.05, 4.69) is 34.6 Å². The highest BCUT2D eigenvalue weighted by atomic mass is 16.5. The Balaban J connectivity index is 1.49. The van der Waals surface area contributed by atoms with Crippen LogP contribution in [0.3, 0.4) is 0 Å². The van der Waals surface area contributed by atoms with Crippen LogP contribution in [-0.2, 0) is 11.2 Å². The minimum atomic E-state index is -0.915. The van der Waals surface area contributed by atoms with E-state index in [9.17, 15) is 4.79 Å². The van der Waals surface area contributed by atoms with E-state index in [0.717, 1.165) is 23.3 Å². The van der Waals surface area contributed by atoms with E-state index in [1.807, 2.05) is 42.6 Å². The predicted octanol–water partition coefficient (Wildman–Crippen LogP) is 4.05. The standard InChI is InChI=1S/C23H25N3O2/c1-23(2,24)22(27)26-20-9-11-21(12-10-20)28-15-13-17-5-7-18(8-6-17)19-4-3-14-25-16-19/h3-12,14,16H,13,15,24H2,1-2H3,(H,26,27). The molecule has 0 aliphatic rings. The van der Waals surface area contributed by atoms with Gasteiger partial charge in [-0.1, -0.05) is 30.3 Å². The number of hydrogen-bond donors (Lipinski definition) is 2. The molecule has 2 aromatic carbocycles.